The number of ether oxygens (including phenoxy) is 2. The van der Waals surface area contributed by atoms with Crippen molar-refractivity contribution in [3.05, 3.63) is 101 Å². The normalized spacial score (nSPS) is 10.6. The summed E-state index contributed by atoms with van der Waals surface area (Å²) in [5.74, 6) is 0.359. The third kappa shape index (κ3) is 4.59. The van der Waals surface area contributed by atoms with Gasteiger partial charge in [-0.15, -0.1) is 0 Å². The van der Waals surface area contributed by atoms with Crippen molar-refractivity contribution in [1.82, 2.24) is 4.57 Å². The van der Waals surface area contributed by atoms with Gasteiger partial charge in [0.1, 0.15) is 18.1 Å². The fourth-order valence-corrected chi connectivity index (χ4v) is 3.55. The Morgan fingerprint density at radius 3 is 2.55 bits per heavy atom. The lowest BCUT2D eigenvalue weighted by atomic mass is 10.1. The van der Waals surface area contributed by atoms with E-state index in [1.165, 1.54) is 0 Å². The highest BCUT2D eigenvalue weighted by molar-refractivity contribution is 5.96. The standard InChI is InChI=1S/C26H22N2O3/c1-2-30-26(29)25-15-22-14-23(31-18-19-7-4-3-5-8-19)11-12-24(22)28(25)17-21-10-6-9-20(13-21)16-27/h3-15H,2,17-18H2,1H3. The molecule has 5 heteroatoms. The van der Waals surface area contributed by atoms with Gasteiger partial charge >= 0.3 is 5.97 Å². The van der Waals surface area contributed by atoms with E-state index in [-0.39, 0.29) is 5.97 Å². The van der Waals surface area contributed by atoms with Crippen LogP contribution in [-0.2, 0) is 17.9 Å². The van der Waals surface area contributed by atoms with Gasteiger partial charge in [0, 0.05) is 17.4 Å². The zero-order valence-corrected chi connectivity index (χ0v) is 17.2. The van der Waals surface area contributed by atoms with Crippen molar-refractivity contribution >= 4 is 16.9 Å². The van der Waals surface area contributed by atoms with E-state index in [4.69, 9.17) is 9.47 Å². The highest BCUT2D eigenvalue weighted by Crippen LogP contribution is 2.27. The number of esters is 1. The second kappa shape index (κ2) is 9.19. The summed E-state index contributed by atoms with van der Waals surface area (Å²) in [5.41, 5.74) is 3.98. The first-order valence-electron chi connectivity index (χ1n) is 10.1. The molecule has 1 aromatic heterocycles. The summed E-state index contributed by atoms with van der Waals surface area (Å²) in [5, 5.41) is 10.1. The van der Waals surface area contributed by atoms with Gasteiger partial charge in [0.25, 0.3) is 0 Å². The third-order valence-electron chi connectivity index (χ3n) is 5.00. The molecule has 0 saturated heterocycles. The molecule has 0 aliphatic carbocycles. The minimum atomic E-state index is -0.373. The van der Waals surface area contributed by atoms with E-state index in [9.17, 15) is 10.1 Å². The number of nitriles is 1. The zero-order chi connectivity index (χ0) is 21.6. The van der Waals surface area contributed by atoms with Crippen LogP contribution in [0.25, 0.3) is 10.9 Å². The van der Waals surface area contributed by atoms with E-state index in [0.717, 1.165) is 27.8 Å². The molecule has 0 fully saturated rings. The van der Waals surface area contributed by atoms with Gasteiger partial charge in [0.15, 0.2) is 0 Å². The van der Waals surface area contributed by atoms with Gasteiger partial charge in [-0.25, -0.2) is 4.79 Å². The van der Waals surface area contributed by atoms with Crippen LogP contribution in [0, 0.1) is 11.3 Å². The summed E-state index contributed by atoms with van der Waals surface area (Å²) in [6, 6.07) is 27.1. The average molecular weight is 410 g/mol. The maximum absolute atomic E-state index is 12.6. The Hall–Kier alpha value is -4.04. The SMILES string of the molecule is CCOC(=O)c1cc2cc(OCc3ccccc3)ccc2n1Cc1cccc(C#N)c1. The van der Waals surface area contributed by atoms with E-state index in [2.05, 4.69) is 6.07 Å². The first-order chi connectivity index (χ1) is 15.2. The van der Waals surface area contributed by atoms with Crippen LogP contribution in [0.4, 0.5) is 0 Å². The third-order valence-corrected chi connectivity index (χ3v) is 5.00. The molecule has 4 aromatic rings. The molecule has 0 amide bonds. The summed E-state index contributed by atoms with van der Waals surface area (Å²) in [6.07, 6.45) is 0. The number of rotatable bonds is 7. The smallest absolute Gasteiger partial charge is 0.354 e. The lowest BCUT2D eigenvalue weighted by Gasteiger charge is -2.11. The number of hydrogen-bond donors (Lipinski definition) is 0. The number of nitrogens with zero attached hydrogens (tertiary/aromatic N) is 2. The van der Waals surface area contributed by atoms with Crippen molar-refractivity contribution in [2.45, 2.75) is 20.1 Å². The van der Waals surface area contributed by atoms with E-state index in [0.29, 0.717) is 31.0 Å². The second-order valence-electron chi connectivity index (χ2n) is 7.14. The van der Waals surface area contributed by atoms with E-state index in [1.54, 1.807) is 13.0 Å². The van der Waals surface area contributed by atoms with Crippen LogP contribution in [-0.4, -0.2) is 17.1 Å². The summed E-state index contributed by atoms with van der Waals surface area (Å²) in [6.45, 7) is 3.02. The van der Waals surface area contributed by atoms with Crippen molar-refractivity contribution < 1.29 is 14.3 Å². The van der Waals surface area contributed by atoms with Crippen molar-refractivity contribution in [1.29, 1.82) is 5.26 Å². The molecule has 1 heterocycles. The molecule has 154 valence electrons. The topological polar surface area (TPSA) is 64.2 Å². The van der Waals surface area contributed by atoms with Crippen LogP contribution in [0.1, 0.15) is 34.1 Å². The molecule has 0 atom stereocenters. The van der Waals surface area contributed by atoms with E-state index in [1.807, 2.05) is 77.4 Å². The molecule has 0 aliphatic rings. The fourth-order valence-electron chi connectivity index (χ4n) is 3.55. The summed E-state index contributed by atoms with van der Waals surface area (Å²) in [4.78, 5) is 12.6. The molecular weight excluding hydrogens is 388 g/mol. The second-order valence-corrected chi connectivity index (χ2v) is 7.14. The lowest BCUT2D eigenvalue weighted by molar-refractivity contribution is 0.0515. The fraction of sp³-hybridized carbons (Fsp3) is 0.154. The summed E-state index contributed by atoms with van der Waals surface area (Å²) >= 11 is 0. The van der Waals surface area contributed by atoms with Crippen molar-refractivity contribution in [3.8, 4) is 11.8 Å². The van der Waals surface area contributed by atoms with E-state index >= 15 is 0 Å². The number of hydrogen-bond acceptors (Lipinski definition) is 4. The van der Waals surface area contributed by atoms with Crippen LogP contribution in [0.2, 0.25) is 0 Å². The number of aromatic nitrogens is 1. The molecule has 0 saturated carbocycles. The van der Waals surface area contributed by atoms with Crippen LogP contribution in [0.3, 0.4) is 0 Å². The molecule has 0 spiro atoms. The number of benzene rings is 3. The largest absolute Gasteiger partial charge is 0.489 e. The van der Waals surface area contributed by atoms with Gasteiger partial charge in [-0.3, -0.25) is 0 Å². The molecule has 0 bridgehead atoms. The Bertz CT molecular complexity index is 1250. The van der Waals surface area contributed by atoms with Crippen molar-refractivity contribution in [2.24, 2.45) is 0 Å². The number of carbonyl (C=O) groups is 1. The minimum absolute atomic E-state index is 0.301. The first kappa shape index (κ1) is 20.2. The van der Waals surface area contributed by atoms with Gasteiger partial charge in [0.2, 0.25) is 0 Å². The summed E-state index contributed by atoms with van der Waals surface area (Å²) in [7, 11) is 0. The quantitative estimate of drug-likeness (QED) is 0.387. The molecular formula is C26H22N2O3. The van der Waals surface area contributed by atoms with Gasteiger partial charge in [-0.05, 0) is 54.4 Å². The molecule has 0 unspecified atom stereocenters. The van der Waals surface area contributed by atoms with Crippen LogP contribution in [0.15, 0.2) is 78.9 Å². The Morgan fingerprint density at radius 2 is 1.77 bits per heavy atom. The van der Waals surface area contributed by atoms with Gasteiger partial charge in [-0.2, -0.15) is 5.26 Å². The van der Waals surface area contributed by atoms with Gasteiger partial charge < -0.3 is 14.0 Å². The maximum atomic E-state index is 12.6. The predicted octanol–water partition coefficient (Wildman–Crippen LogP) is 5.32. The van der Waals surface area contributed by atoms with Crippen LogP contribution < -0.4 is 4.74 Å². The van der Waals surface area contributed by atoms with Crippen molar-refractivity contribution in [2.75, 3.05) is 6.61 Å². The maximum Gasteiger partial charge on any atom is 0.354 e. The molecule has 0 radical (unpaired) electrons. The Kier molecular flexibility index (Phi) is 6.00. The highest BCUT2D eigenvalue weighted by atomic mass is 16.5. The average Bonchev–Trinajstić information content (AvgIpc) is 3.16. The zero-order valence-electron chi connectivity index (χ0n) is 17.2. The number of fused-ring (bicyclic) bond motifs is 1. The van der Waals surface area contributed by atoms with Gasteiger partial charge in [0.05, 0.1) is 18.2 Å². The highest BCUT2D eigenvalue weighted by Gasteiger charge is 2.17. The van der Waals surface area contributed by atoms with Crippen LogP contribution >= 0.6 is 0 Å². The monoisotopic (exact) mass is 410 g/mol. The minimum Gasteiger partial charge on any atom is -0.489 e. The number of carbonyl (C=O) groups excluding carboxylic acids is 1. The lowest BCUT2D eigenvalue weighted by Crippen LogP contribution is -2.13. The van der Waals surface area contributed by atoms with Gasteiger partial charge in [-0.1, -0.05) is 42.5 Å². The first-order valence-corrected chi connectivity index (χ1v) is 10.1. The Labute approximate surface area is 181 Å². The summed E-state index contributed by atoms with van der Waals surface area (Å²) < 4.78 is 13.1. The molecule has 0 aliphatic heterocycles. The molecule has 31 heavy (non-hydrogen) atoms. The van der Waals surface area contributed by atoms with Crippen molar-refractivity contribution in [3.63, 3.8) is 0 Å². The molecule has 5 nitrogen and oxygen atoms in total. The molecule has 3 aromatic carbocycles. The van der Waals surface area contributed by atoms with Crippen LogP contribution in [0.5, 0.6) is 5.75 Å². The predicted molar refractivity (Wildman–Crippen MR) is 119 cm³/mol. The molecule has 0 N–H and O–H groups in total. The Morgan fingerprint density at radius 1 is 0.968 bits per heavy atom. The molecule has 4 rings (SSSR count). The Balaban J connectivity index is 1.68. The van der Waals surface area contributed by atoms with E-state index < -0.39 is 0 Å².